The number of carbonyl (C=O) groups excluding carboxylic acids is 6. The fraction of sp³-hybridized carbons (Fsp3) is 0.625. The zero-order valence-electron chi connectivity index (χ0n) is 27.4. The van der Waals surface area contributed by atoms with Gasteiger partial charge in [-0.2, -0.15) is 13.2 Å². The van der Waals surface area contributed by atoms with Gasteiger partial charge >= 0.3 is 12.2 Å². The number of nitrogens with zero attached hydrogens (tertiary/aromatic N) is 1. The molecule has 256 valence electrons. The van der Waals surface area contributed by atoms with E-state index in [4.69, 9.17) is 5.73 Å². The molecule has 1 fully saturated rings. The molecule has 0 bridgehead atoms. The van der Waals surface area contributed by atoms with Crippen molar-refractivity contribution in [2.75, 3.05) is 6.54 Å². The number of primary amides is 1. The minimum absolute atomic E-state index is 0.0910. The number of hydrogen-bond acceptors (Lipinski definition) is 6. The largest absolute Gasteiger partial charge is 0.389 e. The van der Waals surface area contributed by atoms with Crippen molar-refractivity contribution in [2.24, 2.45) is 28.9 Å². The number of alkyl halides is 3. The summed E-state index contributed by atoms with van der Waals surface area (Å²) in [6.07, 6.45) is -6.66. The Kier molecular flexibility index (Phi) is 12.9. The van der Waals surface area contributed by atoms with E-state index in [1.54, 1.807) is 65.0 Å². The lowest BCUT2D eigenvalue weighted by atomic mass is 9.84. The second kappa shape index (κ2) is 15.5. The number of nitrogens with two attached hydrogens (primary N) is 1. The predicted octanol–water partition coefficient (Wildman–Crippen LogP) is 3.36. The number of hydrogen-bond donors (Lipinski definition) is 4. The van der Waals surface area contributed by atoms with Gasteiger partial charge in [0.15, 0.2) is 5.78 Å². The Morgan fingerprint density at radius 2 is 1.52 bits per heavy atom. The highest BCUT2D eigenvalue weighted by molar-refractivity contribution is 6.37. The Morgan fingerprint density at radius 1 is 0.935 bits per heavy atom. The van der Waals surface area contributed by atoms with Gasteiger partial charge in [0, 0.05) is 18.5 Å². The summed E-state index contributed by atoms with van der Waals surface area (Å²) in [6, 6.07) is 2.49. The molecule has 14 heteroatoms. The van der Waals surface area contributed by atoms with E-state index < -0.39 is 84.1 Å². The van der Waals surface area contributed by atoms with E-state index in [9.17, 15) is 41.9 Å². The first-order chi connectivity index (χ1) is 21.2. The zero-order chi connectivity index (χ0) is 35.1. The minimum atomic E-state index is -4.66. The van der Waals surface area contributed by atoms with Gasteiger partial charge < -0.3 is 26.6 Å². The molecular weight excluding hydrogens is 607 g/mol. The summed E-state index contributed by atoms with van der Waals surface area (Å²) in [5.74, 6) is -5.63. The van der Waals surface area contributed by atoms with Crippen LogP contribution in [-0.2, 0) is 19.2 Å². The van der Waals surface area contributed by atoms with Crippen LogP contribution < -0.4 is 21.7 Å². The molecular formula is C32H46F3N5O6. The third kappa shape index (κ3) is 10.3. The molecule has 1 aromatic carbocycles. The number of amides is 5. The number of benzene rings is 1. The Labute approximate surface area is 267 Å². The maximum absolute atomic E-state index is 14.1. The quantitative estimate of drug-likeness (QED) is 0.188. The van der Waals surface area contributed by atoms with Crippen LogP contribution in [0.5, 0.6) is 0 Å². The molecule has 1 saturated heterocycles. The third-order valence-electron chi connectivity index (χ3n) is 8.13. The van der Waals surface area contributed by atoms with Gasteiger partial charge in [0.25, 0.3) is 5.91 Å². The second-order valence-corrected chi connectivity index (χ2v) is 13.5. The lowest BCUT2D eigenvalue weighted by Crippen LogP contribution is -2.62. The van der Waals surface area contributed by atoms with Crippen LogP contribution >= 0.6 is 0 Å². The van der Waals surface area contributed by atoms with Crippen LogP contribution in [0.3, 0.4) is 0 Å². The number of Topliss-reactive ketones (excluding diaryl/α,β-unsaturated/α-hetero) is 2. The van der Waals surface area contributed by atoms with E-state index in [1.165, 1.54) is 4.90 Å². The number of likely N-dealkylation sites (tertiary alicyclic amines) is 1. The van der Waals surface area contributed by atoms with Crippen LogP contribution in [0.25, 0.3) is 0 Å². The highest BCUT2D eigenvalue weighted by atomic mass is 19.4. The van der Waals surface area contributed by atoms with Gasteiger partial charge in [-0.15, -0.1) is 0 Å². The standard InChI is InChI=1S/C32H46F3N5O6/c1-17(2)20-14-16-40(23(20)28(44)37-21(25(42)27(36)43)13-15-32(33,34)35)29(45)26(31(5,6)7)39-30(46)38-22(18(3)4)24(41)19-11-9-8-10-12-19/h8-12,17-18,20-23,26H,13-16H2,1-7H3,(H2,36,43)(H,37,44)(H2,38,39,46)/t20-,21?,22+,23+,26-/m1/s1. The molecule has 5 atom stereocenters. The molecule has 1 unspecified atom stereocenters. The molecule has 46 heavy (non-hydrogen) atoms. The number of urea groups is 1. The summed E-state index contributed by atoms with van der Waals surface area (Å²) >= 11 is 0. The smallest absolute Gasteiger partial charge is 0.363 e. The first-order valence-corrected chi connectivity index (χ1v) is 15.3. The molecule has 1 aromatic rings. The van der Waals surface area contributed by atoms with Crippen molar-refractivity contribution in [1.29, 1.82) is 0 Å². The molecule has 5 amide bonds. The number of ketones is 2. The highest BCUT2D eigenvalue weighted by Crippen LogP contribution is 2.34. The fourth-order valence-electron chi connectivity index (χ4n) is 5.55. The summed E-state index contributed by atoms with van der Waals surface area (Å²) in [4.78, 5) is 79.4. The van der Waals surface area contributed by atoms with Crippen LogP contribution in [0.15, 0.2) is 30.3 Å². The molecule has 2 rings (SSSR count). The van der Waals surface area contributed by atoms with Gasteiger partial charge in [-0.1, -0.05) is 78.8 Å². The van der Waals surface area contributed by atoms with Gasteiger partial charge in [-0.3, -0.25) is 24.0 Å². The van der Waals surface area contributed by atoms with Crippen molar-refractivity contribution < 1.29 is 41.9 Å². The molecule has 0 aromatic heterocycles. The van der Waals surface area contributed by atoms with Gasteiger partial charge in [-0.05, 0) is 36.0 Å². The highest BCUT2D eigenvalue weighted by Gasteiger charge is 2.48. The molecule has 1 aliphatic rings. The normalized spacial score (nSPS) is 18.9. The van der Waals surface area contributed by atoms with Crippen LogP contribution in [0.2, 0.25) is 0 Å². The molecule has 5 N–H and O–H groups in total. The van der Waals surface area contributed by atoms with Crippen LogP contribution in [0, 0.1) is 23.2 Å². The molecule has 0 spiro atoms. The number of halogens is 3. The molecule has 0 aliphatic carbocycles. The summed E-state index contributed by atoms with van der Waals surface area (Å²) in [6.45, 7) is 12.4. The van der Waals surface area contributed by atoms with Crippen molar-refractivity contribution in [3.63, 3.8) is 0 Å². The summed E-state index contributed by atoms with van der Waals surface area (Å²) in [5.41, 5.74) is 4.55. The first-order valence-electron chi connectivity index (χ1n) is 15.3. The molecule has 1 heterocycles. The summed E-state index contributed by atoms with van der Waals surface area (Å²) in [5, 5.41) is 7.60. The van der Waals surface area contributed by atoms with E-state index in [1.807, 2.05) is 13.8 Å². The van der Waals surface area contributed by atoms with Gasteiger partial charge in [-0.25, -0.2) is 4.79 Å². The van der Waals surface area contributed by atoms with E-state index in [0.29, 0.717) is 12.0 Å². The van der Waals surface area contributed by atoms with Crippen molar-refractivity contribution >= 4 is 35.3 Å². The molecule has 1 aliphatic heterocycles. The van der Waals surface area contributed by atoms with Crippen molar-refractivity contribution in [1.82, 2.24) is 20.9 Å². The average molecular weight is 654 g/mol. The van der Waals surface area contributed by atoms with Crippen LogP contribution in [0.1, 0.15) is 78.1 Å². The van der Waals surface area contributed by atoms with Gasteiger partial charge in [0.2, 0.25) is 17.6 Å². The van der Waals surface area contributed by atoms with E-state index in [-0.39, 0.29) is 24.2 Å². The molecule has 11 nitrogen and oxygen atoms in total. The van der Waals surface area contributed by atoms with Crippen molar-refractivity contribution in [3.8, 4) is 0 Å². The topological polar surface area (TPSA) is 168 Å². The lowest BCUT2D eigenvalue weighted by molar-refractivity contribution is -0.147. The zero-order valence-corrected chi connectivity index (χ0v) is 27.4. The Balaban J connectivity index is 2.35. The predicted molar refractivity (Wildman–Crippen MR) is 164 cm³/mol. The third-order valence-corrected chi connectivity index (χ3v) is 8.13. The number of carbonyl (C=O) groups is 6. The number of nitrogens with one attached hydrogen (secondary N) is 3. The summed E-state index contributed by atoms with van der Waals surface area (Å²) in [7, 11) is 0. The number of rotatable bonds is 13. The van der Waals surface area contributed by atoms with Gasteiger partial charge in [0.1, 0.15) is 12.1 Å². The summed E-state index contributed by atoms with van der Waals surface area (Å²) < 4.78 is 38.9. The maximum atomic E-state index is 14.1. The monoisotopic (exact) mass is 653 g/mol. The van der Waals surface area contributed by atoms with Crippen LogP contribution in [-0.4, -0.2) is 77.1 Å². The van der Waals surface area contributed by atoms with Gasteiger partial charge in [0.05, 0.1) is 12.1 Å². The second-order valence-electron chi connectivity index (χ2n) is 13.5. The van der Waals surface area contributed by atoms with Crippen LogP contribution in [0.4, 0.5) is 18.0 Å². The lowest BCUT2D eigenvalue weighted by Gasteiger charge is -2.37. The fourth-order valence-corrected chi connectivity index (χ4v) is 5.55. The average Bonchev–Trinajstić information content (AvgIpc) is 3.41. The molecule has 0 saturated carbocycles. The minimum Gasteiger partial charge on any atom is -0.363 e. The SMILES string of the molecule is CC(C)[C@H](NC(=O)N[C@H](C(=O)N1CC[C@H](C(C)C)[C@H]1C(=O)NC(CCC(F)(F)F)C(=O)C(N)=O)C(C)(C)C)C(=O)c1ccccc1. The Hall–Kier alpha value is -3.97. The van der Waals surface area contributed by atoms with Crippen molar-refractivity contribution in [3.05, 3.63) is 35.9 Å². The van der Waals surface area contributed by atoms with Crippen molar-refractivity contribution in [2.45, 2.75) is 98.1 Å². The maximum Gasteiger partial charge on any atom is 0.389 e. The van der Waals surface area contributed by atoms with E-state index in [0.717, 1.165) is 0 Å². The first kappa shape index (κ1) is 38.2. The Morgan fingerprint density at radius 3 is 2.00 bits per heavy atom. The van der Waals surface area contributed by atoms with E-state index in [2.05, 4.69) is 16.0 Å². The Bertz CT molecular complexity index is 1280. The van der Waals surface area contributed by atoms with E-state index >= 15 is 0 Å². The molecule has 0 radical (unpaired) electrons.